The van der Waals surface area contributed by atoms with E-state index in [1.54, 1.807) is 19.2 Å². The third kappa shape index (κ3) is 4.33. The number of hydrogen-bond donors (Lipinski definition) is 2. The second kappa shape index (κ2) is 6.77. The van der Waals surface area contributed by atoms with Crippen LogP contribution in [-0.2, 0) is 0 Å². The summed E-state index contributed by atoms with van der Waals surface area (Å²) in [6.07, 6.45) is 0. The molecule has 0 bridgehead atoms. The Morgan fingerprint density at radius 1 is 1.35 bits per heavy atom. The third-order valence-corrected chi connectivity index (χ3v) is 2.34. The molecule has 1 aromatic rings. The molecule has 0 unspecified atom stereocenters. The van der Waals surface area contributed by atoms with Crippen LogP contribution in [-0.4, -0.2) is 26.2 Å². The van der Waals surface area contributed by atoms with E-state index in [1.165, 1.54) is 0 Å². The Labute approximate surface area is 103 Å². The molecule has 0 heterocycles. The van der Waals surface area contributed by atoms with Gasteiger partial charge in [0.25, 0.3) is 0 Å². The van der Waals surface area contributed by atoms with E-state index in [1.807, 2.05) is 6.07 Å². The summed E-state index contributed by atoms with van der Waals surface area (Å²) in [5.41, 5.74) is 1.45. The average Bonchev–Trinajstić information content (AvgIpc) is 2.34. The van der Waals surface area contributed by atoms with Crippen LogP contribution in [0.5, 0.6) is 5.75 Å². The van der Waals surface area contributed by atoms with Crippen molar-refractivity contribution in [3.63, 3.8) is 0 Å². The summed E-state index contributed by atoms with van der Waals surface area (Å²) >= 11 is 0. The van der Waals surface area contributed by atoms with E-state index in [0.717, 1.165) is 24.5 Å². The van der Waals surface area contributed by atoms with Crippen LogP contribution in [0.25, 0.3) is 0 Å². The number of nitriles is 1. The molecular weight excluding hydrogens is 214 g/mol. The molecule has 2 N–H and O–H groups in total. The van der Waals surface area contributed by atoms with Crippen LogP contribution in [0.4, 0.5) is 5.69 Å². The summed E-state index contributed by atoms with van der Waals surface area (Å²) in [5, 5.41) is 15.5. The molecule has 0 saturated carbocycles. The van der Waals surface area contributed by atoms with Crippen molar-refractivity contribution >= 4 is 5.69 Å². The maximum absolute atomic E-state index is 8.98. The van der Waals surface area contributed by atoms with Crippen LogP contribution in [0.15, 0.2) is 18.2 Å². The van der Waals surface area contributed by atoms with E-state index < -0.39 is 0 Å². The smallest absolute Gasteiger partial charge is 0.121 e. The highest BCUT2D eigenvalue weighted by Crippen LogP contribution is 2.21. The quantitative estimate of drug-likeness (QED) is 0.738. The predicted molar refractivity (Wildman–Crippen MR) is 69.3 cm³/mol. The molecular formula is C13H19N3O. The fourth-order valence-electron chi connectivity index (χ4n) is 1.45. The van der Waals surface area contributed by atoms with Gasteiger partial charge in [-0.15, -0.1) is 0 Å². The van der Waals surface area contributed by atoms with Crippen LogP contribution in [0, 0.1) is 11.3 Å². The van der Waals surface area contributed by atoms with E-state index in [-0.39, 0.29) is 0 Å². The van der Waals surface area contributed by atoms with Gasteiger partial charge in [-0.25, -0.2) is 0 Å². The monoisotopic (exact) mass is 233 g/mol. The van der Waals surface area contributed by atoms with Gasteiger partial charge in [-0.3, -0.25) is 0 Å². The van der Waals surface area contributed by atoms with Gasteiger partial charge in [0.05, 0.1) is 18.4 Å². The minimum Gasteiger partial charge on any atom is -0.497 e. The molecule has 0 aliphatic rings. The maximum atomic E-state index is 8.98. The highest BCUT2D eigenvalue weighted by Gasteiger charge is 2.03. The van der Waals surface area contributed by atoms with E-state index in [2.05, 4.69) is 30.6 Å². The molecule has 0 spiro atoms. The standard InChI is InChI=1S/C13H19N3O/c1-10(2)15-6-7-16-13-8-12(17-3)5-4-11(13)9-14/h4-5,8,10,15-16H,6-7H2,1-3H3. The highest BCUT2D eigenvalue weighted by atomic mass is 16.5. The molecule has 4 nitrogen and oxygen atoms in total. The fraction of sp³-hybridized carbons (Fsp3) is 0.462. The van der Waals surface area contributed by atoms with Crippen molar-refractivity contribution in [1.29, 1.82) is 5.26 Å². The van der Waals surface area contributed by atoms with Crippen LogP contribution >= 0.6 is 0 Å². The molecule has 1 rings (SSSR count). The van der Waals surface area contributed by atoms with Crippen molar-refractivity contribution in [2.24, 2.45) is 0 Å². The van der Waals surface area contributed by atoms with Gasteiger partial charge >= 0.3 is 0 Å². The van der Waals surface area contributed by atoms with Crippen LogP contribution < -0.4 is 15.4 Å². The molecule has 1 aromatic carbocycles. The van der Waals surface area contributed by atoms with Crippen LogP contribution in [0.2, 0.25) is 0 Å². The summed E-state index contributed by atoms with van der Waals surface area (Å²) in [6.45, 7) is 5.85. The van der Waals surface area contributed by atoms with E-state index >= 15 is 0 Å². The average molecular weight is 233 g/mol. The fourth-order valence-corrected chi connectivity index (χ4v) is 1.45. The molecule has 0 saturated heterocycles. The Morgan fingerprint density at radius 2 is 2.12 bits per heavy atom. The number of rotatable bonds is 6. The van der Waals surface area contributed by atoms with Crippen molar-refractivity contribution in [3.05, 3.63) is 23.8 Å². The van der Waals surface area contributed by atoms with Gasteiger partial charge in [0.2, 0.25) is 0 Å². The SMILES string of the molecule is COc1ccc(C#N)c(NCCNC(C)C)c1. The Kier molecular flexibility index (Phi) is 5.31. The number of anilines is 1. The van der Waals surface area contributed by atoms with Gasteiger partial charge in [0.1, 0.15) is 11.8 Å². The lowest BCUT2D eigenvalue weighted by Crippen LogP contribution is -2.28. The van der Waals surface area contributed by atoms with Gasteiger partial charge < -0.3 is 15.4 Å². The zero-order valence-corrected chi connectivity index (χ0v) is 10.6. The van der Waals surface area contributed by atoms with Gasteiger partial charge in [-0.1, -0.05) is 13.8 Å². The van der Waals surface area contributed by atoms with Crippen molar-refractivity contribution in [2.45, 2.75) is 19.9 Å². The molecule has 0 aliphatic carbocycles. The van der Waals surface area contributed by atoms with Crippen molar-refractivity contribution in [2.75, 3.05) is 25.5 Å². The lowest BCUT2D eigenvalue weighted by atomic mass is 10.2. The van der Waals surface area contributed by atoms with Crippen molar-refractivity contribution in [1.82, 2.24) is 5.32 Å². The number of hydrogen-bond acceptors (Lipinski definition) is 4. The minimum atomic E-state index is 0.470. The van der Waals surface area contributed by atoms with Gasteiger partial charge in [-0.05, 0) is 12.1 Å². The molecule has 4 heteroatoms. The maximum Gasteiger partial charge on any atom is 0.121 e. The summed E-state index contributed by atoms with van der Waals surface area (Å²) in [6, 6.07) is 8.02. The lowest BCUT2D eigenvalue weighted by molar-refractivity contribution is 0.415. The zero-order valence-electron chi connectivity index (χ0n) is 10.6. The predicted octanol–water partition coefficient (Wildman–Crippen LogP) is 1.98. The summed E-state index contributed by atoms with van der Waals surface area (Å²) < 4.78 is 5.13. The van der Waals surface area contributed by atoms with E-state index in [0.29, 0.717) is 11.6 Å². The molecule has 0 aliphatic heterocycles. The molecule has 0 fully saturated rings. The van der Waals surface area contributed by atoms with Crippen molar-refractivity contribution in [3.8, 4) is 11.8 Å². The molecule has 92 valence electrons. The first kappa shape index (κ1) is 13.3. The second-order valence-electron chi connectivity index (χ2n) is 4.06. The first-order valence-electron chi connectivity index (χ1n) is 5.72. The molecule has 0 atom stereocenters. The van der Waals surface area contributed by atoms with Crippen LogP contribution in [0.3, 0.4) is 0 Å². The zero-order chi connectivity index (χ0) is 12.7. The number of nitrogens with zero attached hydrogens (tertiary/aromatic N) is 1. The molecule has 0 aromatic heterocycles. The topological polar surface area (TPSA) is 57.1 Å². The first-order chi connectivity index (χ1) is 8.17. The Balaban J connectivity index is 2.59. The minimum absolute atomic E-state index is 0.470. The summed E-state index contributed by atoms with van der Waals surface area (Å²) in [7, 11) is 1.62. The first-order valence-corrected chi connectivity index (χ1v) is 5.72. The molecule has 0 amide bonds. The Bertz CT molecular complexity index is 396. The third-order valence-electron chi connectivity index (χ3n) is 2.34. The number of methoxy groups -OCH3 is 1. The summed E-state index contributed by atoms with van der Waals surface area (Å²) in [4.78, 5) is 0. The largest absolute Gasteiger partial charge is 0.497 e. The number of benzene rings is 1. The number of nitrogens with one attached hydrogen (secondary N) is 2. The number of ether oxygens (including phenoxy) is 1. The lowest BCUT2D eigenvalue weighted by Gasteiger charge is -2.12. The van der Waals surface area contributed by atoms with Gasteiger partial charge in [0, 0.05) is 25.2 Å². The normalized spacial score (nSPS) is 10.1. The van der Waals surface area contributed by atoms with Gasteiger partial charge in [0.15, 0.2) is 0 Å². The second-order valence-corrected chi connectivity index (χ2v) is 4.06. The van der Waals surface area contributed by atoms with E-state index in [9.17, 15) is 0 Å². The molecule has 0 radical (unpaired) electrons. The van der Waals surface area contributed by atoms with Crippen molar-refractivity contribution < 1.29 is 4.74 Å². The van der Waals surface area contributed by atoms with Gasteiger partial charge in [-0.2, -0.15) is 5.26 Å². The van der Waals surface area contributed by atoms with E-state index in [4.69, 9.17) is 10.00 Å². The Morgan fingerprint density at radius 3 is 2.71 bits per heavy atom. The summed E-state index contributed by atoms with van der Waals surface area (Å²) in [5.74, 6) is 0.753. The highest BCUT2D eigenvalue weighted by molar-refractivity contribution is 5.60. The molecule has 17 heavy (non-hydrogen) atoms. The van der Waals surface area contributed by atoms with Crippen LogP contribution in [0.1, 0.15) is 19.4 Å². The Hall–Kier alpha value is -1.73.